The molecule has 0 saturated carbocycles. The van der Waals surface area contributed by atoms with Gasteiger partial charge in [0, 0.05) is 35.8 Å². The van der Waals surface area contributed by atoms with Crippen LogP contribution in [0.3, 0.4) is 0 Å². The van der Waals surface area contributed by atoms with E-state index in [4.69, 9.17) is 10.00 Å². The molecule has 0 saturated heterocycles. The highest BCUT2D eigenvalue weighted by Gasteiger charge is 2.09. The molecule has 1 aromatic heterocycles. The van der Waals surface area contributed by atoms with Crippen LogP contribution >= 0.6 is 0 Å². The van der Waals surface area contributed by atoms with Crippen molar-refractivity contribution in [3.63, 3.8) is 0 Å². The SMILES string of the molecule is C=C(NCc1ccc(C#N)c(F)c1)c1cccc(Oc2ccncc2)c1C. The van der Waals surface area contributed by atoms with Crippen molar-refractivity contribution in [2.75, 3.05) is 0 Å². The largest absolute Gasteiger partial charge is 0.457 e. The third-order valence-corrected chi connectivity index (χ3v) is 4.15. The molecule has 5 heteroatoms. The topological polar surface area (TPSA) is 57.9 Å². The zero-order chi connectivity index (χ0) is 19.2. The molecule has 0 amide bonds. The second-order valence-corrected chi connectivity index (χ2v) is 5.97. The van der Waals surface area contributed by atoms with Crippen LogP contribution in [0.1, 0.15) is 22.3 Å². The molecule has 0 bridgehead atoms. The van der Waals surface area contributed by atoms with E-state index in [1.54, 1.807) is 30.6 Å². The maximum absolute atomic E-state index is 13.7. The standard InChI is InChI=1S/C22H18FN3O/c1-15-20(4-3-5-22(15)27-19-8-10-25-11-9-19)16(2)26-14-17-6-7-18(13-24)21(23)12-17/h3-12,26H,2,14H2,1H3. The summed E-state index contributed by atoms with van der Waals surface area (Å²) >= 11 is 0. The van der Waals surface area contributed by atoms with Gasteiger partial charge < -0.3 is 10.1 Å². The van der Waals surface area contributed by atoms with E-state index < -0.39 is 5.82 Å². The van der Waals surface area contributed by atoms with Gasteiger partial charge in [-0.25, -0.2) is 4.39 Å². The van der Waals surface area contributed by atoms with Gasteiger partial charge in [-0.05, 0) is 42.8 Å². The van der Waals surface area contributed by atoms with E-state index in [-0.39, 0.29) is 5.56 Å². The molecule has 1 heterocycles. The third kappa shape index (κ3) is 4.31. The second-order valence-electron chi connectivity index (χ2n) is 5.97. The average molecular weight is 359 g/mol. The first-order valence-electron chi connectivity index (χ1n) is 8.37. The molecule has 0 unspecified atom stereocenters. The predicted molar refractivity (Wildman–Crippen MR) is 102 cm³/mol. The second kappa shape index (κ2) is 8.15. The third-order valence-electron chi connectivity index (χ3n) is 4.15. The van der Waals surface area contributed by atoms with Crippen LogP contribution in [0.25, 0.3) is 5.70 Å². The minimum Gasteiger partial charge on any atom is -0.457 e. The van der Waals surface area contributed by atoms with Gasteiger partial charge in [0.1, 0.15) is 23.4 Å². The summed E-state index contributed by atoms with van der Waals surface area (Å²) in [6.45, 7) is 6.44. The lowest BCUT2D eigenvalue weighted by Crippen LogP contribution is -2.12. The number of ether oxygens (including phenoxy) is 1. The summed E-state index contributed by atoms with van der Waals surface area (Å²) < 4.78 is 19.6. The van der Waals surface area contributed by atoms with E-state index in [9.17, 15) is 4.39 Å². The number of benzene rings is 2. The Bertz CT molecular complexity index is 1010. The molecule has 0 aliphatic heterocycles. The van der Waals surface area contributed by atoms with E-state index >= 15 is 0 Å². The first kappa shape index (κ1) is 18.2. The van der Waals surface area contributed by atoms with Gasteiger partial charge >= 0.3 is 0 Å². The Morgan fingerprint density at radius 2 is 2.00 bits per heavy atom. The van der Waals surface area contributed by atoms with Crippen LogP contribution in [-0.2, 0) is 6.54 Å². The first-order valence-corrected chi connectivity index (χ1v) is 8.37. The summed E-state index contributed by atoms with van der Waals surface area (Å²) in [6, 6.07) is 15.7. The molecular formula is C22H18FN3O. The number of hydrogen-bond donors (Lipinski definition) is 1. The predicted octanol–water partition coefficient (Wildman–Crippen LogP) is 4.95. The number of nitrogens with one attached hydrogen (secondary N) is 1. The summed E-state index contributed by atoms with van der Waals surface area (Å²) in [7, 11) is 0. The highest BCUT2D eigenvalue weighted by Crippen LogP contribution is 2.29. The number of nitriles is 1. The molecule has 27 heavy (non-hydrogen) atoms. The van der Waals surface area contributed by atoms with E-state index in [2.05, 4.69) is 16.9 Å². The van der Waals surface area contributed by atoms with Gasteiger partial charge in [-0.15, -0.1) is 0 Å². The van der Waals surface area contributed by atoms with Gasteiger partial charge in [0.05, 0.1) is 5.56 Å². The van der Waals surface area contributed by atoms with Crippen molar-refractivity contribution < 1.29 is 9.13 Å². The van der Waals surface area contributed by atoms with Crippen LogP contribution in [0.5, 0.6) is 11.5 Å². The molecule has 0 atom stereocenters. The molecule has 0 radical (unpaired) electrons. The Hall–Kier alpha value is -3.65. The minimum absolute atomic E-state index is 0.0365. The maximum atomic E-state index is 13.7. The Morgan fingerprint density at radius 3 is 2.70 bits per heavy atom. The molecule has 2 aromatic carbocycles. The lowest BCUT2D eigenvalue weighted by molar-refractivity contribution is 0.478. The van der Waals surface area contributed by atoms with Gasteiger partial charge in [-0.2, -0.15) is 5.26 Å². The Kier molecular flexibility index (Phi) is 5.48. The Morgan fingerprint density at radius 1 is 1.22 bits per heavy atom. The summed E-state index contributed by atoms with van der Waals surface area (Å²) in [5.74, 6) is 0.911. The lowest BCUT2D eigenvalue weighted by atomic mass is 10.0. The summed E-state index contributed by atoms with van der Waals surface area (Å²) in [4.78, 5) is 3.98. The van der Waals surface area contributed by atoms with Crippen molar-refractivity contribution in [3.05, 3.63) is 95.6 Å². The summed E-state index contributed by atoms with van der Waals surface area (Å²) in [5, 5.41) is 12.0. The summed E-state index contributed by atoms with van der Waals surface area (Å²) in [5.41, 5.74) is 3.33. The van der Waals surface area contributed by atoms with Crippen LogP contribution in [0.4, 0.5) is 4.39 Å². The number of aromatic nitrogens is 1. The van der Waals surface area contributed by atoms with Crippen LogP contribution < -0.4 is 10.1 Å². The average Bonchev–Trinajstić information content (AvgIpc) is 2.68. The monoisotopic (exact) mass is 359 g/mol. The van der Waals surface area contributed by atoms with E-state index in [1.807, 2.05) is 31.2 Å². The van der Waals surface area contributed by atoms with Crippen LogP contribution in [0.15, 0.2) is 67.5 Å². The number of pyridine rings is 1. The van der Waals surface area contributed by atoms with Crippen molar-refractivity contribution >= 4 is 5.70 Å². The number of hydrogen-bond acceptors (Lipinski definition) is 4. The fourth-order valence-corrected chi connectivity index (χ4v) is 2.65. The van der Waals surface area contributed by atoms with Crippen molar-refractivity contribution in [1.82, 2.24) is 10.3 Å². The lowest BCUT2D eigenvalue weighted by Gasteiger charge is -2.15. The van der Waals surface area contributed by atoms with Gasteiger partial charge in [-0.3, -0.25) is 4.98 Å². The van der Waals surface area contributed by atoms with Gasteiger partial charge in [0.15, 0.2) is 0 Å². The molecular weight excluding hydrogens is 341 g/mol. The molecule has 0 aliphatic rings. The van der Waals surface area contributed by atoms with Crippen molar-refractivity contribution in [2.24, 2.45) is 0 Å². The van der Waals surface area contributed by atoms with E-state index in [0.29, 0.717) is 18.0 Å². The van der Waals surface area contributed by atoms with Gasteiger partial charge in [0.2, 0.25) is 0 Å². The normalized spacial score (nSPS) is 10.1. The van der Waals surface area contributed by atoms with E-state index in [1.165, 1.54) is 12.1 Å². The molecule has 134 valence electrons. The highest BCUT2D eigenvalue weighted by molar-refractivity contribution is 5.67. The Labute approximate surface area is 157 Å². The zero-order valence-corrected chi connectivity index (χ0v) is 14.9. The fraction of sp³-hybridized carbons (Fsp3) is 0.0909. The molecule has 3 aromatic rings. The summed E-state index contributed by atoms with van der Waals surface area (Å²) in [6.07, 6.45) is 3.34. The van der Waals surface area contributed by atoms with Crippen molar-refractivity contribution in [1.29, 1.82) is 5.26 Å². The molecule has 0 aliphatic carbocycles. The van der Waals surface area contributed by atoms with E-state index in [0.717, 1.165) is 22.4 Å². The zero-order valence-electron chi connectivity index (χ0n) is 14.9. The van der Waals surface area contributed by atoms with Crippen LogP contribution in [-0.4, -0.2) is 4.98 Å². The van der Waals surface area contributed by atoms with Gasteiger partial charge in [0.25, 0.3) is 0 Å². The van der Waals surface area contributed by atoms with Crippen LogP contribution in [0, 0.1) is 24.1 Å². The van der Waals surface area contributed by atoms with Crippen molar-refractivity contribution in [2.45, 2.75) is 13.5 Å². The minimum atomic E-state index is -0.522. The number of halogens is 1. The fourth-order valence-electron chi connectivity index (χ4n) is 2.65. The smallest absolute Gasteiger partial charge is 0.141 e. The number of nitrogens with zero attached hydrogens (tertiary/aromatic N) is 2. The maximum Gasteiger partial charge on any atom is 0.141 e. The highest BCUT2D eigenvalue weighted by atomic mass is 19.1. The quantitative estimate of drug-likeness (QED) is 0.676. The molecule has 1 N–H and O–H groups in total. The van der Waals surface area contributed by atoms with Crippen LogP contribution in [0.2, 0.25) is 0 Å². The number of rotatable bonds is 6. The molecule has 0 fully saturated rings. The molecule has 0 spiro atoms. The molecule has 3 rings (SSSR count). The molecule has 4 nitrogen and oxygen atoms in total. The first-order chi connectivity index (χ1) is 13.1. The Balaban J connectivity index is 1.72. The van der Waals surface area contributed by atoms with Gasteiger partial charge in [-0.1, -0.05) is 24.8 Å². The van der Waals surface area contributed by atoms with Crippen molar-refractivity contribution in [3.8, 4) is 17.6 Å².